The highest BCUT2D eigenvalue weighted by molar-refractivity contribution is 5.78. The summed E-state index contributed by atoms with van der Waals surface area (Å²) in [6.45, 7) is 0. The number of aryl methyl sites for hydroxylation is 1. The second kappa shape index (κ2) is 6.58. The van der Waals surface area contributed by atoms with Crippen molar-refractivity contribution in [1.82, 2.24) is 0 Å². The van der Waals surface area contributed by atoms with Gasteiger partial charge in [-0.3, -0.25) is 4.79 Å². The van der Waals surface area contributed by atoms with E-state index in [9.17, 15) is 4.79 Å². The minimum absolute atomic E-state index is 0.493. The molecule has 1 unspecified atom stereocenters. The van der Waals surface area contributed by atoms with Gasteiger partial charge in [-0.05, 0) is 37.2 Å². The first-order valence-electron chi connectivity index (χ1n) is 6.90. The summed E-state index contributed by atoms with van der Waals surface area (Å²) < 4.78 is 0. The van der Waals surface area contributed by atoms with Gasteiger partial charge in [0, 0.05) is 12.8 Å². The van der Waals surface area contributed by atoms with Crippen LogP contribution < -0.4 is 0 Å². The van der Waals surface area contributed by atoms with E-state index in [1.807, 2.05) is 0 Å². The third kappa shape index (κ3) is 4.33. The van der Waals surface area contributed by atoms with Crippen molar-refractivity contribution in [2.24, 2.45) is 5.92 Å². The van der Waals surface area contributed by atoms with Gasteiger partial charge in [-0.25, -0.2) is 0 Å². The highest BCUT2D eigenvalue weighted by Gasteiger charge is 2.17. The van der Waals surface area contributed by atoms with E-state index in [2.05, 4.69) is 30.3 Å². The van der Waals surface area contributed by atoms with E-state index < -0.39 is 0 Å². The summed E-state index contributed by atoms with van der Waals surface area (Å²) in [5.74, 6) is 1.15. The summed E-state index contributed by atoms with van der Waals surface area (Å²) in [5.41, 5.74) is 1.42. The zero-order valence-electron chi connectivity index (χ0n) is 10.5. The van der Waals surface area contributed by atoms with E-state index in [-0.39, 0.29) is 0 Å². The molecule has 0 amide bonds. The topological polar surface area (TPSA) is 17.1 Å². The summed E-state index contributed by atoms with van der Waals surface area (Å²) in [6, 6.07) is 10.7. The number of rotatable bonds is 4. The molecule has 0 radical (unpaired) electrons. The molecule has 1 aromatic rings. The summed E-state index contributed by atoms with van der Waals surface area (Å²) >= 11 is 0. The maximum absolute atomic E-state index is 11.5. The monoisotopic (exact) mass is 230 g/mol. The van der Waals surface area contributed by atoms with Gasteiger partial charge in [0.25, 0.3) is 0 Å². The number of hydrogen-bond acceptors (Lipinski definition) is 1. The van der Waals surface area contributed by atoms with Crippen LogP contribution in [0.1, 0.15) is 50.5 Å². The zero-order chi connectivity index (χ0) is 11.9. The van der Waals surface area contributed by atoms with Crippen molar-refractivity contribution in [2.45, 2.75) is 51.4 Å². The van der Waals surface area contributed by atoms with E-state index >= 15 is 0 Å². The Labute approximate surface area is 104 Å². The number of benzene rings is 1. The molecular formula is C16H22O. The predicted octanol–water partition coefficient (Wildman–Crippen LogP) is 4.16. The summed E-state index contributed by atoms with van der Waals surface area (Å²) in [5, 5.41) is 0. The van der Waals surface area contributed by atoms with Gasteiger partial charge >= 0.3 is 0 Å². The van der Waals surface area contributed by atoms with Crippen molar-refractivity contribution in [3.8, 4) is 0 Å². The molecule has 0 spiro atoms. The average molecular weight is 230 g/mol. The molecule has 0 aromatic heterocycles. The van der Waals surface area contributed by atoms with Crippen LogP contribution in [0.25, 0.3) is 0 Å². The SMILES string of the molecule is O=C1CCCCC(CCCc2ccccc2)C1. The van der Waals surface area contributed by atoms with E-state index in [1.54, 1.807) is 0 Å². The first-order valence-corrected chi connectivity index (χ1v) is 6.90. The fourth-order valence-electron chi connectivity index (χ4n) is 2.77. The van der Waals surface area contributed by atoms with Crippen molar-refractivity contribution >= 4 is 5.78 Å². The second-order valence-electron chi connectivity index (χ2n) is 5.23. The van der Waals surface area contributed by atoms with Crippen LogP contribution in [0.4, 0.5) is 0 Å². The Hall–Kier alpha value is -1.11. The molecule has 1 aromatic carbocycles. The lowest BCUT2D eigenvalue weighted by molar-refractivity contribution is -0.119. The molecule has 1 fully saturated rings. The van der Waals surface area contributed by atoms with Gasteiger partial charge in [-0.2, -0.15) is 0 Å². The average Bonchev–Trinajstić information content (AvgIpc) is 2.55. The van der Waals surface area contributed by atoms with Gasteiger partial charge in [-0.1, -0.05) is 43.2 Å². The Morgan fingerprint density at radius 1 is 1.12 bits per heavy atom. The molecule has 0 saturated heterocycles. The maximum atomic E-state index is 11.5. The smallest absolute Gasteiger partial charge is 0.133 e. The number of Topliss-reactive ketones (excluding diaryl/α,β-unsaturated/α-hetero) is 1. The standard InChI is InChI=1S/C16H22O/c17-16-12-5-4-9-15(13-16)11-6-10-14-7-2-1-3-8-14/h1-3,7-8,15H,4-6,9-13H2. The molecule has 0 heterocycles. The Balaban J connectivity index is 1.72. The minimum Gasteiger partial charge on any atom is -0.300 e. The van der Waals surface area contributed by atoms with E-state index in [4.69, 9.17) is 0 Å². The molecule has 1 atom stereocenters. The first-order chi connectivity index (χ1) is 8.34. The number of carbonyl (C=O) groups excluding carboxylic acids is 1. The number of ketones is 1. The van der Waals surface area contributed by atoms with Crippen LogP contribution in [-0.4, -0.2) is 5.78 Å². The normalized spacial score (nSPS) is 21.2. The molecule has 0 N–H and O–H groups in total. The molecule has 92 valence electrons. The molecule has 1 nitrogen and oxygen atoms in total. The predicted molar refractivity (Wildman–Crippen MR) is 71.0 cm³/mol. The Kier molecular flexibility index (Phi) is 4.78. The van der Waals surface area contributed by atoms with Gasteiger partial charge in [0.2, 0.25) is 0 Å². The molecule has 0 bridgehead atoms. The number of hydrogen-bond donors (Lipinski definition) is 0. The fourth-order valence-corrected chi connectivity index (χ4v) is 2.77. The van der Waals surface area contributed by atoms with Crippen molar-refractivity contribution in [1.29, 1.82) is 0 Å². The number of carbonyl (C=O) groups is 1. The summed E-state index contributed by atoms with van der Waals surface area (Å²) in [6.07, 6.45) is 8.91. The summed E-state index contributed by atoms with van der Waals surface area (Å²) in [7, 11) is 0. The van der Waals surface area contributed by atoms with Gasteiger partial charge in [0.05, 0.1) is 0 Å². The van der Waals surface area contributed by atoms with Gasteiger partial charge in [-0.15, -0.1) is 0 Å². The fraction of sp³-hybridized carbons (Fsp3) is 0.562. The lowest BCUT2D eigenvalue weighted by Gasteiger charge is -2.12. The second-order valence-corrected chi connectivity index (χ2v) is 5.23. The summed E-state index contributed by atoms with van der Waals surface area (Å²) in [4.78, 5) is 11.5. The van der Waals surface area contributed by atoms with Crippen LogP contribution >= 0.6 is 0 Å². The molecule has 0 aliphatic heterocycles. The van der Waals surface area contributed by atoms with E-state index in [0.29, 0.717) is 11.7 Å². The van der Waals surface area contributed by atoms with Crippen molar-refractivity contribution in [3.05, 3.63) is 35.9 Å². The maximum Gasteiger partial charge on any atom is 0.133 e. The largest absolute Gasteiger partial charge is 0.300 e. The lowest BCUT2D eigenvalue weighted by atomic mass is 9.93. The molecule has 1 aliphatic carbocycles. The quantitative estimate of drug-likeness (QED) is 0.710. The van der Waals surface area contributed by atoms with Crippen LogP contribution in [0.15, 0.2) is 30.3 Å². The van der Waals surface area contributed by atoms with Crippen LogP contribution in [0.5, 0.6) is 0 Å². The molecule has 2 rings (SSSR count). The minimum atomic E-state index is 0.493. The van der Waals surface area contributed by atoms with Crippen LogP contribution in [-0.2, 0) is 11.2 Å². The Bertz CT molecular complexity index is 342. The Morgan fingerprint density at radius 3 is 2.76 bits per heavy atom. The van der Waals surface area contributed by atoms with Crippen LogP contribution in [0.2, 0.25) is 0 Å². The van der Waals surface area contributed by atoms with Crippen molar-refractivity contribution in [2.75, 3.05) is 0 Å². The Morgan fingerprint density at radius 2 is 1.94 bits per heavy atom. The highest BCUT2D eigenvalue weighted by Crippen LogP contribution is 2.25. The highest BCUT2D eigenvalue weighted by atomic mass is 16.1. The van der Waals surface area contributed by atoms with E-state index in [1.165, 1.54) is 31.2 Å². The lowest BCUT2D eigenvalue weighted by Crippen LogP contribution is -2.05. The van der Waals surface area contributed by atoms with Crippen molar-refractivity contribution < 1.29 is 4.79 Å². The molecule has 1 aliphatic rings. The first kappa shape index (κ1) is 12.3. The molecule has 1 saturated carbocycles. The third-order valence-electron chi connectivity index (χ3n) is 3.75. The molecule has 17 heavy (non-hydrogen) atoms. The van der Waals surface area contributed by atoms with Gasteiger partial charge in [0.1, 0.15) is 5.78 Å². The molecule has 1 heteroatoms. The third-order valence-corrected chi connectivity index (χ3v) is 3.75. The zero-order valence-corrected chi connectivity index (χ0v) is 10.5. The van der Waals surface area contributed by atoms with Crippen LogP contribution in [0.3, 0.4) is 0 Å². The van der Waals surface area contributed by atoms with Crippen molar-refractivity contribution in [3.63, 3.8) is 0 Å². The molecular weight excluding hydrogens is 208 g/mol. The van der Waals surface area contributed by atoms with Gasteiger partial charge < -0.3 is 0 Å². The van der Waals surface area contributed by atoms with Gasteiger partial charge in [0.15, 0.2) is 0 Å². The van der Waals surface area contributed by atoms with Crippen LogP contribution in [0, 0.1) is 5.92 Å². The van der Waals surface area contributed by atoms with E-state index in [0.717, 1.165) is 25.7 Å².